The summed E-state index contributed by atoms with van der Waals surface area (Å²) in [7, 11) is 3.10. The zero-order chi connectivity index (χ0) is 24.5. The van der Waals surface area contributed by atoms with Crippen LogP contribution in [0.2, 0.25) is 5.02 Å². The largest absolute Gasteiger partial charge is 0.496 e. The molecule has 0 spiro atoms. The Bertz CT molecular complexity index is 938. The fourth-order valence-corrected chi connectivity index (χ4v) is 4.29. The monoisotopic (exact) mass is 488 g/mol. The van der Waals surface area contributed by atoms with Gasteiger partial charge >= 0.3 is 0 Å². The van der Waals surface area contributed by atoms with E-state index in [-0.39, 0.29) is 31.0 Å². The second-order valence-electron chi connectivity index (χ2n) is 8.40. The van der Waals surface area contributed by atoms with Crippen LogP contribution in [-0.2, 0) is 16.1 Å². The number of halogens is 1. The van der Waals surface area contributed by atoms with E-state index in [4.69, 9.17) is 25.8 Å². The van der Waals surface area contributed by atoms with Crippen LogP contribution in [0.4, 0.5) is 0 Å². The van der Waals surface area contributed by atoms with Gasteiger partial charge in [0.05, 0.1) is 14.2 Å². The first-order valence-electron chi connectivity index (χ1n) is 11.6. The van der Waals surface area contributed by atoms with E-state index in [1.807, 2.05) is 19.1 Å². The summed E-state index contributed by atoms with van der Waals surface area (Å²) in [6.07, 6.45) is 4.69. The van der Waals surface area contributed by atoms with Crippen molar-refractivity contribution in [2.75, 3.05) is 20.8 Å². The van der Waals surface area contributed by atoms with Crippen molar-refractivity contribution >= 4 is 23.4 Å². The molecule has 0 aliphatic heterocycles. The number of methoxy groups -OCH3 is 2. The molecule has 0 saturated heterocycles. The van der Waals surface area contributed by atoms with Crippen molar-refractivity contribution < 1.29 is 23.8 Å². The average Bonchev–Trinajstić information content (AvgIpc) is 3.36. The van der Waals surface area contributed by atoms with Gasteiger partial charge in [0.15, 0.2) is 6.61 Å². The van der Waals surface area contributed by atoms with Crippen LogP contribution in [0.15, 0.2) is 42.5 Å². The highest BCUT2D eigenvalue weighted by Gasteiger charge is 2.31. The van der Waals surface area contributed by atoms with E-state index in [1.54, 1.807) is 49.5 Å². The van der Waals surface area contributed by atoms with E-state index in [0.29, 0.717) is 28.7 Å². The first kappa shape index (κ1) is 25.7. The Morgan fingerprint density at radius 2 is 1.62 bits per heavy atom. The maximum atomic E-state index is 13.4. The summed E-state index contributed by atoms with van der Waals surface area (Å²) in [5.41, 5.74) is 0.882. The minimum Gasteiger partial charge on any atom is -0.496 e. The normalized spacial score (nSPS) is 14.4. The highest BCUT2D eigenvalue weighted by atomic mass is 35.5. The molecule has 1 atom stereocenters. The minimum absolute atomic E-state index is 0.125. The molecular formula is C26H33ClN2O5. The van der Waals surface area contributed by atoms with E-state index in [0.717, 1.165) is 31.2 Å². The van der Waals surface area contributed by atoms with Crippen LogP contribution >= 0.6 is 11.6 Å². The summed E-state index contributed by atoms with van der Waals surface area (Å²) < 4.78 is 16.3. The molecule has 0 radical (unpaired) electrons. The molecule has 7 nitrogen and oxygen atoms in total. The second kappa shape index (κ2) is 12.5. The van der Waals surface area contributed by atoms with Gasteiger partial charge in [-0.25, -0.2) is 0 Å². The number of carbonyl (C=O) groups is 2. The number of nitrogens with one attached hydrogen (secondary N) is 1. The number of hydrogen-bond donors (Lipinski definition) is 1. The summed E-state index contributed by atoms with van der Waals surface area (Å²) in [4.78, 5) is 28.1. The third-order valence-electron chi connectivity index (χ3n) is 6.04. The molecule has 0 bridgehead atoms. The van der Waals surface area contributed by atoms with E-state index in [9.17, 15) is 9.59 Å². The summed E-state index contributed by atoms with van der Waals surface area (Å²) >= 11 is 6.03. The van der Waals surface area contributed by atoms with Crippen molar-refractivity contribution in [2.45, 2.75) is 57.7 Å². The first-order valence-corrected chi connectivity index (χ1v) is 12.0. The van der Waals surface area contributed by atoms with Crippen LogP contribution < -0.4 is 19.5 Å². The zero-order valence-corrected chi connectivity index (χ0v) is 20.8. The highest BCUT2D eigenvalue weighted by Crippen LogP contribution is 2.27. The Morgan fingerprint density at radius 1 is 1.03 bits per heavy atom. The number of ether oxygens (including phenoxy) is 3. The SMILES string of the molecule is CCC(C(=O)NC1CCCC1)N(Cc1ccc(Cl)cc1)C(=O)COc1cc(OC)cc(OC)c1. The Balaban J connectivity index is 1.77. The molecule has 3 rings (SSSR count). The molecule has 1 aliphatic rings. The molecule has 2 aromatic carbocycles. The molecule has 2 amide bonds. The van der Waals surface area contributed by atoms with E-state index < -0.39 is 6.04 Å². The summed E-state index contributed by atoms with van der Waals surface area (Å²) in [6.45, 7) is 1.96. The van der Waals surface area contributed by atoms with Gasteiger partial charge in [0.25, 0.3) is 5.91 Å². The third-order valence-corrected chi connectivity index (χ3v) is 6.29. The predicted octanol–water partition coefficient (Wildman–Crippen LogP) is 4.60. The van der Waals surface area contributed by atoms with Gasteiger partial charge in [-0.05, 0) is 37.0 Å². The predicted molar refractivity (Wildman–Crippen MR) is 132 cm³/mol. The lowest BCUT2D eigenvalue weighted by atomic mass is 10.1. The standard InChI is InChI=1S/C26H33ClN2O5/c1-4-24(26(31)28-20-7-5-6-8-20)29(16-18-9-11-19(27)12-10-18)25(30)17-34-23-14-21(32-2)13-22(15-23)33-3/h9-15,20,24H,4-8,16-17H2,1-3H3,(H,28,31). The quantitative estimate of drug-likeness (QED) is 0.500. The Hall–Kier alpha value is -2.93. The second-order valence-corrected chi connectivity index (χ2v) is 8.84. The van der Waals surface area contributed by atoms with Gasteiger partial charge in [0, 0.05) is 35.8 Å². The van der Waals surface area contributed by atoms with E-state index in [2.05, 4.69) is 5.32 Å². The molecule has 184 valence electrons. The van der Waals surface area contributed by atoms with Gasteiger partial charge in [-0.15, -0.1) is 0 Å². The van der Waals surface area contributed by atoms with Crippen LogP contribution in [-0.4, -0.2) is 49.6 Å². The van der Waals surface area contributed by atoms with Crippen LogP contribution in [0.25, 0.3) is 0 Å². The number of amides is 2. The average molecular weight is 489 g/mol. The topological polar surface area (TPSA) is 77.1 Å². The van der Waals surface area contributed by atoms with Gasteiger partial charge < -0.3 is 24.4 Å². The molecular weight excluding hydrogens is 456 g/mol. The third kappa shape index (κ3) is 7.03. The van der Waals surface area contributed by atoms with E-state index in [1.165, 1.54) is 0 Å². The fourth-order valence-electron chi connectivity index (χ4n) is 4.17. The Kier molecular flexibility index (Phi) is 9.45. The van der Waals surface area contributed by atoms with Gasteiger partial charge in [-0.3, -0.25) is 9.59 Å². The number of carbonyl (C=O) groups excluding carboxylic acids is 2. The van der Waals surface area contributed by atoms with Gasteiger partial charge in [-0.2, -0.15) is 0 Å². The van der Waals surface area contributed by atoms with Crippen molar-refractivity contribution in [3.63, 3.8) is 0 Å². The van der Waals surface area contributed by atoms with E-state index >= 15 is 0 Å². The number of nitrogens with zero attached hydrogens (tertiary/aromatic N) is 1. The van der Waals surface area contributed by atoms with Crippen LogP contribution in [0.5, 0.6) is 17.2 Å². The molecule has 1 unspecified atom stereocenters. The fraction of sp³-hybridized carbons (Fsp3) is 0.462. The molecule has 1 N–H and O–H groups in total. The van der Waals surface area contributed by atoms with Crippen molar-refractivity contribution in [3.05, 3.63) is 53.1 Å². The molecule has 0 heterocycles. The van der Waals surface area contributed by atoms with Gasteiger partial charge in [-0.1, -0.05) is 43.5 Å². The van der Waals surface area contributed by atoms with Crippen molar-refractivity contribution in [1.82, 2.24) is 10.2 Å². The maximum Gasteiger partial charge on any atom is 0.261 e. The summed E-state index contributed by atoms with van der Waals surface area (Å²) in [6, 6.07) is 11.9. The lowest BCUT2D eigenvalue weighted by Crippen LogP contribution is -2.52. The molecule has 2 aromatic rings. The van der Waals surface area contributed by atoms with Gasteiger partial charge in [0.1, 0.15) is 23.3 Å². The van der Waals surface area contributed by atoms with Crippen LogP contribution in [0.3, 0.4) is 0 Å². The van der Waals surface area contributed by atoms with Crippen molar-refractivity contribution in [1.29, 1.82) is 0 Å². The van der Waals surface area contributed by atoms with Gasteiger partial charge in [0.2, 0.25) is 5.91 Å². The zero-order valence-electron chi connectivity index (χ0n) is 20.0. The number of rotatable bonds is 11. The minimum atomic E-state index is -0.604. The Morgan fingerprint density at radius 3 is 2.18 bits per heavy atom. The molecule has 0 aromatic heterocycles. The molecule has 34 heavy (non-hydrogen) atoms. The van der Waals surface area contributed by atoms with Crippen molar-refractivity contribution in [3.8, 4) is 17.2 Å². The first-order chi connectivity index (χ1) is 16.4. The lowest BCUT2D eigenvalue weighted by molar-refractivity contribution is -0.143. The number of benzene rings is 2. The highest BCUT2D eigenvalue weighted by molar-refractivity contribution is 6.30. The summed E-state index contributed by atoms with van der Waals surface area (Å²) in [5.74, 6) is 1.15. The number of hydrogen-bond acceptors (Lipinski definition) is 5. The van der Waals surface area contributed by atoms with Crippen molar-refractivity contribution in [2.24, 2.45) is 0 Å². The van der Waals surface area contributed by atoms with Crippen LogP contribution in [0.1, 0.15) is 44.6 Å². The summed E-state index contributed by atoms with van der Waals surface area (Å²) in [5, 5.41) is 3.75. The molecule has 8 heteroatoms. The molecule has 1 fully saturated rings. The smallest absolute Gasteiger partial charge is 0.261 e. The maximum absolute atomic E-state index is 13.4. The van der Waals surface area contributed by atoms with Crippen LogP contribution in [0, 0.1) is 0 Å². The Labute approximate surface area is 206 Å². The lowest BCUT2D eigenvalue weighted by Gasteiger charge is -2.31. The molecule has 1 aliphatic carbocycles. The molecule has 1 saturated carbocycles.